The molecule has 4 unspecified atom stereocenters. The molecule has 2 fully saturated rings. The number of amides is 1. The van der Waals surface area contributed by atoms with Crippen LogP contribution in [0.25, 0.3) is 0 Å². The van der Waals surface area contributed by atoms with Crippen molar-refractivity contribution < 1.29 is 4.79 Å². The van der Waals surface area contributed by atoms with E-state index in [4.69, 9.17) is 5.73 Å². The highest BCUT2D eigenvalue weighted by Crippen LogP contribution is 2.49. The topological polar surface area (TPSA) is 68.0 Å². The number of carbonyl (C=O) groups excluding carboxylic acids is 1. The van der Waals surface area contributed by atoms with Gasteiger partial charge < -0.3 is 11.1 Å². The lowest BCUT2D eigenvalue weighted by Gasteiger charge is -2.28. The Balaban J connectivity index is 1.65. The van der Waals surface area contributed by atoms with Crippen LogP contribution < -0.4 is 11.1 Å². The quantitative estimate of drug-likeness (QED) is 0.874. The second-order valence-electron chi connectivity index (χ2n) is 6.06. The number of hydrogen-bond donors (Lipinski definition) is 2. The van der Waals surface area contributed by atoms with Crippen molar-refractivity contribution in [3.63, 3.8) is 0 Å². The van der Waals surface area contributed by atoms with Crippen LogP contribution >= 0.6 is 0 Å². The molecule has 102 valence electrons. The predicted octanol–water partition coefficient (Wildman–Crippen LogP) is 2.22. The highest BCUT2D eigenvalue weighted by Gasteiger charge is 2.42. The van der Waals surface area contributed by atoms with Crippen molar-refractivity contribution in [2.45, 2.75) is 38.6 Å². The first-order valence-corrected chi connectivity index (χ1v) is 7.15. The average Bonchev–Trinajstić information content (AvgIpc) is 3.01. The number of carbonyl (C=O) groups is 1. The van der Waals surface area contributed by atoms with Gasteiger partial charge in [-0.15, -0.1) is 0 Å². The predicted molar refractivity (Wildman–Crippen MR) is 74.5 cm³/mol. The highest BCUT2D eigenvalue weighted by atomic mass is 16.1. The Hall–Kier alpha value is -1.58. The van der Waals surface area contributed by atoms with E-state index in [-0.39, 0.29) is 11.9 Å². The Morgan fingerprint density at radius 3 is 2.95 bits per heavy atom. The van der Waals surface area contributed by atoms with Gasteiger partial charge in [-0.3, -0.25) is 9.78 Å². The summed E-state index contributed by atoms with van der Waals surface area (Å²) in [6.45, 7) is 2.13. The maximum atomic E-state index is 12.2. The number of nitrogens with one attached hydrogen (secondary N) is 1. The van der Waals surface area contributed by atoms with Gasteiger partial charge in [0.2, 0.25) is 0 Å². The molecule has 0 radical (unpaired) electrons. The normalized spacial score (nSPS) is 30.3. The summed E-state index contributed by atoms with van der Waals surface area (Å²) >= 11 is 0. The molecule has 1 aromatic heterocycles. The van der Waals surface area contributed by atoms with Gasteiger partial charge in [0.05, 0.1) is 17.4 Å². The first-order chi connectivity index (χ1) is 9.15. The molecule has 19 heavy (non-hydrogen) atoms. The van der Waals surface area contributed by atoms with E-state index in [1.807, 2.05) is 0 Å². The minimum Gasteiger partial charge on any atom is -0.397 e. The second-order valence-corrected chi connectivity index (χ2v) is 6.06. The Morgan fingerprint density at radius 2 is 2.32 bits per heavy atom. The van der Waals surface area contributed by atoms with Crippen molar-refractivity contribution >= 4 is 11.6 Å². The number of rotatable bonds is 3. The number of nitrogens with zero attached hydrogens (tertiary/aromatic N) is 1. The van der Waals surface area contributed by atoms with Crippen LogP contribution in [0.3, 0.4) is 0 Å². The third-order valence-corrected chi connectivity index (χ3v) is 4.89. The summed E-state index contributed by atoms with van der Waals surface area (Å²) in [6.07, 6.45) is 8.50. The van der Waals surface area contributed by atoms with Crippen LogP contribution in [0.5, 0.6) is 0 Å². The third kappa shape index (κ3) is 2.31. The maximum Gasteiger partial charge on any atom is 0.253 e. The summed E-state index contributed by atoms with van der Waals surface area (Å²) in [5.41, 5.74) is 6.76. The number of nitrogens with two attached hydrogens (primary N) is 1. The van der Waals surface area contributed by atoms with Crippen molar-refractivity contribution in [3.05, 3.63) is 24.0 Å². The van der Waals surface area contributed by atoms with Crippen LogP contribution in [-0.2, 0) is 0 Å². The molecule has 1 heterocycles. The monoisotopic (exact) mass is 259 g/mol. The number of nitrogen functional groups attached to an aromatic ring is 1. The van der Waals surface area contributed by atoms with Gasteiger partial charge in [0.1, 0.15) is 0 Å². The van der Waals surface area contributed by atoms with Gasteiger partial charge in [-0.1, -0.05) is 6.42 Å². The number of hydrogen-bond acceptors (Lipinski definition) is 3. The fourth-order valence-electron chi connectivity index (χ4n) is 3.91. The van der Waals surface area contributed by atoms with Crippen molar-refractivity contribution in [1.82, 2.24) is 10.3 Å². The molecular formula is C15H21N3O. The van der Waals surface area contributed by atoms with Gasteiger partial charge in [-0.05, 0) is 50.0 Å². The maximum absolute atomic E-state index is 12.2. The summed E-state index contributed by atoms with van der Waals surface area (Å²) in [5.74, 6) is 2.29. The van der Waals surface area contributed by atoms with E-state index >= 15 is 0 Å². The van der Waals surface area contributed by atoms with Gasteiger partial charge in [-0.25, -0.2) is 0 Å². The van der Waals surface area contributed by atoms with Gasteiger partial charge in [0, 0.05) is 12.2 Å². The second kappa shape index (κ2) is 4.83. The van der Waals surface area contributed by atoms with Gasteiger partial charge in [0.25, 0.3) is 5.91 Å². The molecule has 3 N–H and O–H groups in total. The van der Waals surface area contributed by atoms with Gasteiger partial charge in [-0.2, -0.15) is 0 Å². The molecule has 4 atom stereocenters. The molecule has 0 spiro atoms. The molecule has 4 heteroatoms. The van der Waals surface area contributed by atoms with Crippen molar-refractivity contribution in [1.29, 1.82) is 0 Å². The van der Waals surface area contributed by atoms with E-state index < -0.39 is 0 Å². The summed E-state index contributed by atoms with van der Waals surface area (Å²) in [4.78, 5) is 16.1. The smallest absolute Gasteiger partial charge is 0.253 e. The van der Waals surface area contributed by atoms with Crippen LogP contribution in [0.15, 0.2) is 18.5 Å². The molecule has 3 rings (SSSR count). The van der Waals surface area contributed by atoms with Crippen molar-refractivity contribution in [3.8, 4) is 0 Å². The summed E-state index contributed by atoms with van der Waals surface area (Å²) in [7, 11) is 0. The SMILES string of the molecule is CC(NC(=O)c1ccncc1N)C1CC2CCC1C2. The zero-order valence-corrected chi connectivity index (χ0v) is 11.3. The Kier molecular flexibility index (Phi) is 3.17. The molecule has 1 aromatic rings. The van der Waals surface area contributed by atoms with Gasteiger partial charge >= 0.3 is 0 Å². The van der Waals surface area contributed by atoms with Gasteiger partial charge in [0.15, 0.2) is 0 Å². The lowest BCUT2D eigenvalue weighted by atomic mass is 9.84. The first-order valence-electron chi connectivity index (χ1n) is 7.15. The fourth-order valence-corrected chi connectivity index (χ4v) is 3.91. The van der Waals surface area contributed by atoms with E-state index in [0.29, 0.717) is 17.2 Å². The van der Waals surface area contributed by atoms with Crippen LogP contribution in [-0.4, -0.2) is 16.9 Å². The van der Waals surface area contributed by atoms with Crippen molar-refractivity contribution in [2.75, 3.05) is 5.73 Å². The number of aromatic nitrogens is 1. The standard InChI is InChI=1S/C15H21N3O/c1-9(13-7-10-2-3-11(13)6-10)18-15(19)12-4-5-17-8-14(12)16/h4-5,8-11,13H,2-3,6-7,16H2,1H3,(H,18,19). The van der Waals surface area contributed by atoms with Crippen molar-refractivity contribution in [2.24, 2.45) is 17.8 Å². The molecule has 0 saturated heterocycles. The molecule has 2 saturated carbocycles. The average molecular weight is 259 g/mol. The van der Waals surface area contributed by atoms with E-state index in [0.717, 1.165) is 11.8 Å². The molecule has 0 aliphatic heterocycles. The molecule has 0 aromatic carbocycles. The van der Waals surface area contributed by atoms with Crippen LogP contribution in [0.4, 0.5) is 5.69 Å². The fraction of sp³-hybridized carbons (Fsp3) is 0.600. The molecule has 2 bridgehead atoms. The van der Waals surface area contributed by atoms with E-state index in [9.17, 15) is 4.79 Å². The first kappa shape index (κ1) is 12.5. The lowest BCUT2D eigenvalue weighted by Crippen LogP contribution is -2.40. The zero-order valence-electron chi connectivity index (χ0n) is 11.3. The molecule has 2 aliphatic rings. The van der Waals surface area contributed by atoms with Crippen LogP contribution in [0.1, 0.15) is 43.0 Å². The van der Waals surface area contributed by atoms with E-state index in [1.54, 1.807) is 12.3 Å². The molecule has 1 amide bonds. The molecule has 2 aliphatic carbocycles. The largest absolute Gasteiger partial charge is 0.397 e. The Morgan fingerprint density at radius 1 is 1.47 bits per heavy atom. The minimum absolute atomic E-state index is 0.0739. The molecule has 4 nitrogen and oxygen atoms in total. The minimum atomic E-state index is -0.0739. The van der Waals surface area contributed by atoms with E-state index in [2.05, 4.69) is 17.2 Å². The Bertz CT molecular complexity index is 488. The summed E-state index contributed by atoms with van der Waals surface area (Å²) in [6, 6.07) is 1.91. The van der Waals surface area contributed by atoms with E-state index in [1.165, 1.54) is 31.9 Å². The van der Waals surface area contributed by atoms with Crippen LogP contribution in [0.2, 0.25) is 0 Å². The lowest BCUT2D eigenvalue weighted by molar-refractivity contribution is 0.0916. The highest BCUT2D eigenvalue weighted by molar-refractivity contribution is 5.98. The third-order valence-electron chi connectivity index (χ3n) is 4.89. The Labute approximate surface area is 113 Å². The van der Waals surface area contributed by atoms with Crippen LogP contribution in [0, 0.1) is 17.8 Å². The summed E-state index contributed by atoms with van der Waals surface area (Å²) < 4.78 is 0. The summed E-state index contributed by atoms with van der Waals surface area (Å²) in [5, 5.41) is 3.12. The zero-order chi connectivity index (χ0) is 13.4. The molecular weight excluding hydrogens is 238 g/mol. The number of fused-ring (bicyclic) bond motifs is 2. The number of pyridine rings is 1. The number of anilines is 1.